The van der Waals surface area contributed by atoms with Crippen molar-refractivity contribution in [3.63, 3.8) is 0 Å². The van der Waals surface area contributed by atoms with Crippen LogP contribution in [0.5, 0.6) is 0 Å². The Morgan fingerprint density at radius 2 is 2.17 bits per heavy atom. The van der Waals surface area contributed by atoms with Gasteiger partial charge in [0.05, 0.1) is 12.2 Å². The summed E-state index contributed by atoms with van der Waals surface area (Å²) in [6, 6.07) is 0.426. The molecule has 1 aliphatic rings. The summed E-state index contributed by atoms with van der Waals surface area (Å²) < 4.78 is 4.00. The van der Waals surface area contributed by atoms with E-state index in [-0.39, 0.29) is 0 Å². The molecule has 1 fully saturated rings. The van der Waals surface area contributed by atoms with E-state index in [1.54, 1.807) is 0 Å². The van der Waals surface area contributed by atoms with E-state index < -0.39 is 0 Å². The van der Waals surface area contributed by atoms with Crippen molar-refractivity contribution in [1.29, 1.82) is 0 Å². The Morgan fingerprint density at radius 3 is 2.83 bits per heavy atom. The number of hydrogen-bond acceptors (Lipinski definition) is 5. The zero-order valence-electron chi connectivity index (χ0n) is 10.7. The second kappa shape index (κ2) is 4.49. The van der Waals surface area contributed by atoms with Crippen LogP contribution >= 0.6 is 0 Å². The van der Waals surface area contributed by atoms with Crippen LogP contribution in [0.1, 0.15) is 25.2 Å². The van der Waals surface area contributed by atoms with Crippen molar-refractivity contribution in [2.75, 3.05) is 13.1 Å². The van der Waals surface area contributed by atoms with Gasteiger partial charge in [0.1, 0.15) is 5.82 Å². The van der Waals surface area contributed by atoms with Gasteiger partial charge in [-0.05, 0) is 13.3 Å². The van der Waals surface area contributed by atoms with Crippen LogP contribution in [0.3, 0.4) is 0 Å². The molecule has 0 unspecified atom stereocenters. The first-order chi connectivity index (χ1) is 8.79. The molecule has 0 spiro atoms. The molecule has 7 nitrogen and oxygen atoms in total. The van der Waals surface area contributed by atoms with Crippen LogP contribution in [0.4, 0.5) is 0 Å². The number of rotatable bonds is 4. The maximum absolute atomic E-state index is 4.21. The van der Waals surface area contributed by atoms with Crippen LogP contribution in [0.15, 0.2) is 6.20 Å². The van der Waals surface area contributed by atoms with Gasteiger partial charge >= 0.3 is 0 Å². The van der Waals surface area contributed by atoms with Crippen molar-refractivity contribution in [2.24, 2.45) is 0 Å². The van der Waals surface area contributed by atoms with E-state index in [4.69, 9.17) is 0 Å². The van der Waals surface area contributed by atoms with Gasteiger partial charge in [-0.15, -0.1) is 15.3 Å². The number of nitrogens with zero attached hydrogens (tertiary/aromatic N) is 6. The highest BCUT2D eigenvalue weighted by Gasteiger charge is 2.21. The number of aryl methyl sites for hydroxylation is 1. The lowest BCUT2D eigenvalue weighted by Crippen LogP contribution is -2.43. The largest absolute Gasteiger partial charge is 0.312 e. The van der Waals surface area contributed by atoms with Crippen LogP contribution < -0.4 is 5.32 Å². The lowest BCUT2D eigenvalue weighted by atomic mass is 10.2. The first kappa shape index (κ1) is 11.3. The van der Waals surface area contributed by atoms with Crippen LogP contribution in [0.25, 0.3) is 11.5 Å². The fourth-order valence-corrected chi connectivity index (χ4v) is 2.08. The molecule has 18 heavy (non-hydrogen) atoms. The van der Waals surface area contributed by atoms with Crippen molar-refractivity contribution >= 4 is 0 Å². The minimum absolute atomic E-state index is 0.426. The average molecular weight is 247 g/mol. The summed E-state index contributed by atoms with van der Waals surface area (Å²) in [7, 11) is 0. The molecule has 0 aliphatic carbocycles. The van der Waals surface area contributed by atoms with Gasteiger partial charge in [-0.25, -0.2) is 4.68 Å². The molecule has 0 bridgehead atoms. The van der Waals surface area contributed by atoms with Crippen LogP contribution in [0, 0.1) is 6.92 Å². The molecule has 1 saturated heterocycles. The molecule has 2 aromatic heterocycles. The Bertz CT molecular complexity index is 537. The predicted octanol–water partition coefficient (Wildman–Crippen LogP) is 0.399. The summed E-state index contributed by atoms with van der Waals surface area (Å²) in [6.45, 7) is 6.94. The van der Waals surface area contributed by atoms with Crippen LogP contribution in [0.2, 0.25) is 0 Å². The zero-order chi connectivity index (χ0) is 12.5. The maximum Gasteiger partial charge on any atom is 0.186 e. The minimum atomic E-state index is 0.426. The highest BCUT2D eigenvalue weighted by atomic mass is 15.5. The smallest absolute Gasteiger partial charge is 0.186 e. The molecule has 2 aromatic rings. The number of aromatic nitrogens is 6. The molecular formula is C11H17N7. The van der Waals surface area contributed by atoms with E-state index in [0.717, 1.165) is 43.4 Å². The Morgan fingerprint density at radius 1 is 1.33 bits per heavy atom. The van der Waals surface area contributed by atoms with Crippen molar-refractivity contribution in [3.8, 4) is 11.5 Å². The standard InChI is InChI=1S/C11H17N7/c1-3-4-17-8(2)13-15-11(17)10-7-18(16-14-10)9-5-12-6-9/h7,9,12H,3-6H2,1-2H3. The highest BCUT2D eigenvalue weighted by Crippen LogP contribution is 2.18. The average Bonchev–Trinajstić information content (AvgIpc) is 2.86. The Labute approximate surface area is 105 Å². The lowest BCUT2D eigenvalue weighted by Gasteiger charge is -2.26. The van der Waals surface area contributed by atoms with E-state index in [1.807, 2.05) is 17.8 Å². The van der Waals surface area contributed by atoms with Gasteiger partial charge in [0.25, 0.3) is 0 Å². The predicted molar refractivity (Wildman–Crippen MR) is 66.0 cm³/mol. The van der Waals surface area contributed by atoms with Gasteiger partial charge in [-0.3, -0.25) is 0 Å². The van der Waals surface area contributed by atoms with E-state index in [9.17, 15) is 0 Å². The van der Waals surface area contributed by atoms with Gasteiger partial charge in [-0.2, -0.15) is 0 Å². The van der Waals surface area contributed by atoms with Gasteiger partial charge < -0.3 is 9.88 Å². The summed E-state index contributed by atoms with van der Waals surface area (Å²) in [6.07, 6.45) is 3.01. The van der Waals surface area contributed by atoms with Crippen molar-refractivity contribution in [2.45, 2.75) is 32.9 Å². The normalized spacial score (nSPS) is 15.9. The molecule has 0 amide bonds. The third-order valence-corrected chi connectivity index (χ3v) is 3.26. The topological polar surface area (TPSA) is 73.5 Å². The second-order valence-corrected chi connectivity index (χ2v) is 4.62. The summed E-state index contributed by atoms with van der Waals surface area (Å²) in [5.74, 6) is 1.74. The first-order valence-electron chi connectivity index (χ1n) is 6.32. The molecule has 3 heterocycles. The second-order valence-electron chi connectivity index (χ2n) is 4.62. The quantitative estimate of drug-likeness (QED) is 0.846. The van der Waals surface area contributed by atoms with Crippen LogP contribution in [-0.4, -0.2) is 42.8 Å². The molecule has 96 valence electrons. The minimum Gasteiger partial charge on any atom is -0.312 e. The fraction of sp³-hybridized carbons (Fsp3) is 0.636. The lowest BCUT2D eigenvalue weighted by molar-refractivity contribution is 0.313. The molecule has 1 aliphatic heterocycles. The molecule has 0 saturated carbocycles. The van der Waals surface area contributed by atoms with Crippen molar-refractivity contribution in [1.82, 2.24) is 35.1 Å². The third-order valence-electron chi connectivity index (χ3n) is 3.26. The van der Waals surface area contributed by atoms with Gasteiger partial charge in [0.15, 0.2) is 11.5 Å². The Kier molecular flexibility index (Phi) is 2.83. The molecular weight excluding hydrogens is 230 g/mol. The van der Waals surface area contributed by atoms with Crippen molar-refractivity contribution in [3.05, 3.63) is 12.0 Å². The van der Waals surface area contributed by atoms with E-state index in [0.29, 0.717) is 6.04 Å². The SMILES string of the molecule is CCCn1c(C)nnc1-c1cn(C2CNC2)nn1. The molecule has 0 radical (unpaired) electrons. The number of nitrogens with one attached hydrogen (secondary N) is 1. The fourth-order valence-electron chi connectivity index (χ4n) is 2.08. The third kappa shape index (κ3) is 1.80. The maximum atomic E-state index is 4.21. The van der Waals surface area contributed by atoms with E-state index in [1.165, 1.54) is 0 Å². The summed E-state index contributed by atoms with van der Waals surface area (Å²) >= 11 is 0. The monoisotopic (exact) mass is 247 g/mol. The van der Waals surface area contributed by atoms with Crippen molar-refractivity contribution < 1.29 is 0 Å². The highest BCUT2D eigenvalue weighted by molar-refractivity contribution is 5.47. The van der Waals surface area contributed by atoms with E-state index in [2.05, 4.69) is 37.3 Å². The molecule has 3 rings (SSSR count). The Hall–Kier alpha value is -1.76. The summed E-state index contributed by atoms with van der Waals surface area (Å²) in [5, 5.41) is 19.9. The molecule has 0 aromatic carbocycles. The number of hydrogen-bond donors (Lipinski definition) is 1. The Balaban J connectivity index is 1.91. The molecule has 1 N–H and O–H groups in total. The summed E-state index contributed by atoms with van der Waals surface area (Å²) in [5.41, 5.74) is 0.802. The van der Waals surface area contributed by atoms with Gasteiger partial charge in [-0.1, -0.05) is 12.1 Å². The molecule has 0 atom stereocenters. The van der Waals surface area contributed by atoms with Gasteiger partial charge in [0.2, 0.25) is 0 Å². The zero-order valence-corrected chi connectivity index (χ0v) is 10.7. The summed E-state index contributed by atoms with van der Waals surface area (Å²) in [4.78, 5) is 0. The van der Waals surface area contributed by atoms with Crippen LogP contribution in [-0.2, 0) is 6.54 Å². The molecule has 7 heteroatoms. The van der Waals surface area contributed by atoms with E-state index >= 15 is 0 Å². The first-order valence-corrected chi connectivity index (χ1v) is 6.32. The van der Waals surface area contributed by atoms with Gasteiger partial charge in [0, 0.05) is 19.6 Å².